The lowest BCUT2D eigenvalue weighted by molar-refractivity contribution is 0.0581. The van der Waals surface area contributed by atoms with Gasteiger partial charge in [-0.15, -0.1) is 0 Å². The van der Waals surface area contributed by atoms with Crippen LogP contribution >= 0.6 is 0 Å². The molecule has 0 aliphatic carbocycles. The van der Waals surface area contributed by atoms with Gasteiger partial charge in [-0.1, -0.05) is 6.92 Å². The third-order valence-corrected chi connectivity index (χ3v) is 2.54. The Morgan fingerprint density at radius 2 is 2.42 bits per heavy atom. The van der Waals surface area contributed by atoms with Gasteiger partial charge in [0, 0.05) is 6.04 Å². The molecule has 0 bridgehead atoms. The van der Waals surface area contributed by atoms with Gasteiger partial charge in [-0.05, 0) is 39.4 Å². The minimum Gasteiger partial charge on any atom is -0.377 e. The first-order valence-electron chi connectivity index (χ1n) is 4.87. The van der Waals surface area contributed by atoms with E-state index in [4.69, 9.17) is 0 Å². The Kier molecular flexibility index (Phi) is 3.98. The number of aliphatic hydroxyl groups is 1. The maximum atomic E-state index is 9.70. The van der Waals surface area contributed by atoms with Crippen LogP contribution in [0, 0.1) is 0 Å². The van der Waals surface area contributed by atoms with Crippen LogP contribution in [-0.2, 0) is 0 Å². The summed E-state index contributed by atoms with van der Waals surface area (Å²) in [5.74, 6) is 0. The Bertz CT molecular complexity index is 130. The van der Waals surface area contributed by atoms with Crippen molar-refractivity contribution in [2.45, 2.75) is 38.5 Å². The number of nitrogens with one attached hydrogen (secondary N) is 1. The first-order valence-corrected chi connectivity index (χ1v) is 4.87. The standard InChI is InChI=1S/C9H20N2O/c1-3-6-10-9(12)8-5-4-7-11(8)2/h8-10,12H,3-7H2,1-2H3/t8-,9?/m0/s1. The van der Waals surface area contributed by atoms with Gasteiger partial charge >= 0.3 is 0 Å². The van der Waals surface area contributed by atoms with Crippen molar-refractivity contribution in [3.05, 3.63) is 0 Å². The highest BCUT2D eigenvalue weighted by Gasteiger charge is 2.26. The topological polar surface area (TPSA) is 35.5 Å². The predicted octanol–water partition coefficient (Wildman–Crippen LogP) is 0.399. The molecule has 0 aromatic rings. The number of hydrogen-bond donors (Lipinski definition) is 2. The molecule has 0 amide bonds. The van der Waals surface area contributed by atoms with Crippen LogP contribution in [0.5, 0.6) is 0 Å². The minimum absolute atomic E-state index is 0.330. The molecule has 2 N–H and O–H groups in total. The van der Waals surface area contributed by atoms with Gasteiger partial charge in [0.25, 0.3) is 0 Å². The lowest BCUT2D eigenvalue weighted by Gasteiger charge is -2.25. The second kappa shape index (κ2) is 4.80. The maximum absolute atomic E-state index is 9.70. The number of hydrogen-bond acceptors (Lipinski definition) is 3. The molecular weight excluding hydrogens is 152 g/mol. The monoisotopic (exact) mass is 172 g/mol. The van der Waals surface area contributed by atoms with E-state index in [-0.39, 0.29) is 6.23 Å². The van der Waals surface area contributed by atoms with Crippen molar-refractivity contribution < 1.29 is 5.11 Å². The van der Waals surface area contributed by atoms with Crippen molar-refractivity contribution in [3.8, 4) is 0 Å². The molecule has 0 spiro atoms. The Morgan fingerprint density at radius 1 is 1.67 bits per heavy atom. The molecule has 0 saturated carbocycles. The Morgan fingerprint density at radius 3 is 2.92 bits per heavy atom. The molecule has 0 aromatic heterocycles. The molecule has 0 radical (unpaired) electrons. The third-order valence-electron chi connectivity index (χ3n) is 2.54. The Labute approximate surface area is 74.8 Å². The summed E-state index contributed by atoms with van der Waals surface area (Å²) in [7, 11) is 2.08. The SMILES string of the molecule is CCCNC(O)[C@@H]1CCCN1C. The van der Waals surface area contributed by atoms with Gasteiger partial charge < -0.3 is 5.11 Å². The average Bonchev–Trinajstić information content (AvgIpc) is 2.47. The quantitative estimate of drug-likeness (QED) is 0.602. The molecule has 1 aliphatic heterocycles. The van der Waals surface area contributed by atoms with Crippen molar-refractivity contribution in [2.75, 3.05) is 20.1 Å². The molecule has 3 nitrogen and oxygen atoms in total. The Balaban J connectivity index is 2.25. The van der Waals surface area contributed by atoms with Crippen LogP contribution in [0.3, 0.4) is 0 Å². The molecule has 3 heteroatoms. The summed E-state index contributed by atoms with van der Waals surface area (Å²) in [5, 5.41) is 12.8. The van der Waals surface area contributed by atoms with E-state index < -0.39 is 0 Å². The van der Waals surface area contributed by atoms with Crippen LogP contribution in [-0.4, -0.2) is 42.4 Å². The van der Waals surface area contributed by atoms with Crippen LogP contribution in [0.25, 0.3) is 0 Å². The van der Waals surface area contributed by atoms with E-state index in [9.17, 15) is 5.11 Å². The van der Waals surface area contributed by atoms with Crippen LogP contribution in [0.2, 0.25) is 0 Å². The molecule has 1 rings (SSSR count). The lowest BCUT2D eigenvalue weighted by Crippen LogP contribution is -2.45. The van der Waals surface area contributed by atoms with Crippen molar-refractivity contribution in [1.29, 1.82) is 0 Å². The summed E-state index contributed by atoms with van der Waals surface area (Å²) < 4.78 is 0. The molecular formula is C9H20N2O. The molecule has 1 aliphatic rings. The fourth-order valence-electron chi connectivity index (χ4n) is 1.76. The van der Waals surface area contributed by atoms with Gasteiger partial charge in [0.2, 0.25) is 0 Å². The average molecular weight is 172 g/mol. The number of likely N-dealkylation sites (tertiary alicyclic amines) is 1. The summed E-state index contributed by atoms with van der Waals surface area (Å²) in [4.78, 5) is 2.23. The minimum atomic E-state index is -0.336. The van der Waals surface area contributed by atoms with E-state index in [2.05, 4.69) is 24.2 Å². The van der Waals surface area contributed by atoms with E-state index in [1.54, 1.807) is 0 Å². The van der Waals surface area contributed by atoms with Gasteiger partial charge in [0.05, 0.1) is 0 Å². The van der Waals surface area contributed by atoms with Crippen LogP contribution in [0.4, 0.5) is 0 Å². The van der Waals surface area contributed by atoms with Crippen molar-refractivity contribution in [2.24, 2.45) is 0 Å². The first-order chi connectivity index (χ1) is 5.75. The molecule has 1 unspecified atom stereocenters. The Hall–Kier alpha value is -0.120. The number of aliphatic hydroxyl groups excluding tert-OH is 1. The largest absolute Gasteiger partial charge is 0.377 e. The highest BCUT2D eigenvalue weighted by Crippen LogP contribution is 2.16. The number of rotatable bonds is 4. The number of likely N-dealkylation sites (N-methyl/N-ethyl adjacent to an activating group) is 1. The van der Waals surface area contributed by atoms with Gasteiger partial charge in [-0.25, -0.2) is 0 Å². The van der Waals surface area contributed by atoms with Gasteiger partial charge in [-0.2, -0.15) is 0 Å². The second-order valence-corrected chi connectivity index (χ2v) is 3.59. The third kappa shape index (κ3) is 2.44. The van der Waals surface area contributed by atoms with Crippen LogP contribution < -0.4 is 5.32 Å². The fraction of sp³-hybridized carbons (Fsp3) is 1.00. The smallest absolute Gasteiger partial charge is 0.120 e. The summed E-state index contributed by atoms with van der Waals surface area (Å²) in [5.41, 5.74) is 0. The summed E-state index contributed by atoms with van der Waals surface area (Å²) in [6.45, 7) is 4.14. The maximum Gasteiger partial charge on any atom is 0.120 e. The zero-order chi connectivity index (χ0) is 8.97. The van der Waals surface area contributed by atoms with Gasteiger partial charge in [-0.3, -0.25) is 10.2 Å². The van der Waals surface area contributed by atoms with Gasteiger partial charge in [0.1, 0.15) is 6.23 Å². The molecule has 1 fully saturated rings. The second-order valence-electron chi connectivity index (χ2n) is 3.59. The summed E-state index contributed by atoms with van der Waals surface area (Å²) >= 11 is 0. The molecule has 1 saturated heterocycles. The molecule has 0 aromatic carbocycles. The lowest BCUT2D eigenvalue weighted by atomic mass is 10.2. The van der Waals surface area contributed by atoms with E-state index in [0.29, 0.717) is 6.04 Å². The molecule has 1 heterocycles. The normalized spacial score (nSPS) is 27.8. The molecule has 2 atom stereocenters. The number of nitrogens with zero attached hydrogens (tertiary/aromatic N) is 1. The summed E-state index contributed by atoms with van der Waals surface area (Å²) in [6, 6.07) is 0.330. The van der Waals surface area contributed by atoms with Crippen molar-refractivity contribution >= 4 is 0 Å². The predicted molar refractivity (Wildman–Crippen MR) is 50.0 cm³/mol. The van der Waals surface area contributed by atoms with Gasteiger partial charge in [0.15, 0.2) is 0 Å². The van der Waals surface area contributed by atoms with Crippen molar-refractivity contribution in [1.82, 2.24) is 10.2 Å². The van der Waals surface area contributed by atoms with Crippen LogP contribution in [0.15, 0.2) is 0 Å². The van der Waals surface area contributed by atoms with E-state index in [1.165, 1.54) is 6.42 Å². The zero-order valence-corrected chi connectivity index (χ0v) is 8.08. The molecule has 72 valence electrons. The molecule has 12 heavy (non-hydrogen) atoms. The highest BCUT2D eigenvalue weighted by molar-refractivity contribution is 4.81. The van der Waals surface area contributed by atoms with Crippen molar-refractivity contribution in [3.63, 3.8) is 0 Å². The summed E-state index contributed by atoms with van der Waals surface area (Å²) in [6.07, 6.45) is 3.07. The first kappa shape index (κ1) is 9.96. The van der Waals surface area contributed by atoms with E-state index in [0.717, 1.165) is 25.9 Å². The fourth-order valence-corrected chi connectivity index (χ4v) is 1.76. The zero-order valence-electron chi connectivity index (χ0n) is 8.08. The van der Waals surface area contributed by atoms with E-state index in [1.807, 2.05) is 0 Å². The van der Waals surface area contributed by atoms with E-state index >= 15 is 0 Å². The van der Waals surface area contributed by atoms with Crippen LogP contribution in [0.1, 0.15) is 26.2 Å². The highest BCUT2D eigenvalue weighted by atomic mass is 16.3.